The number of urea groups is 1. The summed E-state index contributed by atoms with van der Waals surface area (Å²) in [5.74, 6) is -2.49. The summed E-state index contributed by atoms with van der Waals surface area (Å²) >= 11 is 1.33. The Balaban J connectivity index is 2.52. The van der Waals surface area contributed by atoms with Gasteiger partial charge in [-0.25, -0.2) is 14.4 Å². The zero-order valence-corrected chi connectivity index (χ0v) is 16.5. The number of aryl methyl sites for hydroxylation is 1. The van der Waals surface area contributed by atoms with E-state index < -0.39 is 36.0 Å². The van der Waals surface area contributed by atoms with Crippen LogP contribution in [0, 0.1) is 6.92 Å². The van der Waals surface area contributed by atoms with Crippen LogP contribution in [0.25, 0.3) is 0 Å². The Hall–Kier alpha value is -2.75. The second-order valence-electron chi connectivity index (χ2n) is 6.01. The number of methoxy groups -OCH3 is 1. The molecule has 0 bridgehead atoms. The maximum atomic E-state index is 12.0. The molecule has 4 N–H and O–H groups in total. The van der Waals surface area contributed by atoms with Crippen molar-refractivity contribution in [3.8, 4) is 0 Å². The van der Waals surface area contributed by atoms with Crippen LogP contribution in [0.15, 0.2) is 24.3 Å². The quantitative estimate of drug-likeness (QED) is 0.399. The molecule has 2 atom stereocenters. The maximum absolute atomic E-state index is 12.0. The number of carbonyl (C=O) groups excluding carboxylic acids is 2. The van der Waals surface area contributed by atoms with E-state index in [1.165, 1.54) is 18.9 Å². The molecule has 0 saturated heterocycles. The van der Waals surface area contributed by atoms with Gasteiger partial charge in [-0.2, -0.15) is 11.8 Å². The highest BCUT2D eigenvalue weighted by atomic mass is 32.2. The number of hydrogen-bond acceptors (Lipinski definition) is 6. The molecule has 28 heavy (non-hydrogen) atoms. The van der Waals surface area contributed by atoms with E-state index in [2.05, 4.69) is 15.4 Å². The number of ether oxygens (including phenoxy) is 1. The van der Waals surface area contributed by atoms with Gasteiger partial charge in [0, 0.05) is 17.9 Å². The average Bonchev–Trinajstić information content (AvgIpc) is 2.65. The lowest BCUT2D eigenvalue weighted by Gasteiger charge is -2.18. The first kappa shape index (κ1) is 23.3. The van der Waals surface area contributed by atoms with Crippen molar-refractivity contribution in [3.63, 3.8) is 0 Å². The van der Waals surface area contributed by atoms with Gasteiger partial charge < -0.3 is 25.6 Å². The van der Waals surface area contributed by atoms with Gasteiger partial charge in [0.15, 0.2) is 0 Å². The molecule has 0 aliphatic carbocycles. The van der Waals surface area contributed by atoms with Crippen LogP contribution in [-0.2, 0) is 24.9 Å². The second kappa shape index (κ2) is 11.9. The molecule has 1 rings (SSSR count). The van der Waals surface area contributed by atoms with Crippen LogP contribution in [0.1, 0.15) is 24.0 Å². The minimum absolute atomic E-state index is 0.108. The number of rotatable bonds is 11. The van der Waals surface area contributed by atoms with Crippen molar-refractivity contribution in [1.82, 2.24) is 10.6 Å². The first-order valence-electron chi connectivity index (χ1n) is 8.45. The summed E-state index contributed by atoms with van der Waals surface area (Å²) < 4.78 is 4.43. The van der Waals surface area contributed by atoms with Crippen LogP contribution >= 0.6 is 11.8 Å². The van der Waals surface area contributed by atoms with Crippen molar-refractivity contribution in [2.45, 2.75) is 37.6 Å². The molecule has 2 unspecified atom stereocenters. The molecule has 0 aliphatic rings. The van der Waals surface area contributed by atoms with Gasteiger partial charge in [-0.15, -0.1) is 0 Å². The second-order valence-corrected chi connectivity index (χ2v) is 7.05. The summed E-state index contributed by atoms with van der Waals surface area (Å²) in [4.78, 5) is 45.7. The van der Waals surface area contributed by atoms with E-state index in [0.29, 0.717) is 5.75 Å². The van der Waals surface area contributed by atoms with Crippen molar-refractivity contribution in [1.29, 1.82) is 0 Å². The predicted octanol–water partition coefficient (Wildman–Crippen LogP) is 1.39. The van der Waals surface area contributed by atoms with E-state index in [4.69, 9.17) is 5.11 Å². The number of carboxylic acid groups (broad SMARTS) is 2. The molecule has 1 aromatic carbocycles. The standard InChI is InChI=1S/C18H24N2O7S/c1-11-3-5-12(6-4-11)9-28-10-14(17(24)25)20-18(26)19-13(16(22)23)7-8-15(21)27-2/h3-6,13-14H,7-10H2,1-2H3,(H,22,23)(H,24,25)(H2,19,20,26). The zero-order valence-electron chi connectivity index (χ0n) is 15.6. The molecule has 1 aromatic rings. The molecule has 0 spiro atoms. The Morgan fingerprint density at radius 2 is 1.61 bits per heavy atom. The van der Waals surface area contributed by atoms with Gasteiger partial charge in [0.25, 0.3) is 0 Å². The van der Waals surface area contributed by atoms with Gasteiger partial charge in [0.05, 0.1) is 7.11 Å². The Morgan fingerprint density at radius 3 is 2.14 bits per heavy atom. The Morgan fingerprint density at radius 1 is 1.04 bits per heavy atom. The van der Waals surface area contributed by atoms with E-state index in [1.807, 2.05) is 31.2 Å². The predicted molar refractivity (Wildman–Crippen MR) is 103 cm³/mol. The molecule has 0 radical (unpaired) electrons. The molecule has 0 heterocycles. The van der Waals surface area contributed by atoms with Crippen LogP contribution in [0.5, 0.6) is 0 Å². The first-order valence-corrected chi connectivity index (χ1v) is 9.61. The van der Waals surface area contributed by atoms with E-state index >= 15 is 0 Å². The van der Waals surface area contributed by atoms with Crippen LogP contribution < -0.4 is 10.6 Å². The van der Waals surface area contributed by atoms with E-state index in [1.54, 1.807) is 0 Å². The number of aliphatic carboxylic acids is 2. The number of esters is 1. The molecular weight excluding hydrogens is 388 g/mol. The van der Waals surface area contributed by atoms with E-state index in [-0.39, 0.29) is 18.6 Å². The fourth-order valence-corrected chi connectivity index (χ4v) is 3.14. The van der Waals surface area contributed by atoms with E-state index in [0.717, 1.165) is 11.1 Å². The van der Waals surface area contributed by atoms with Crippen LogP contribution in [0.2, 0.25) is 0 Å². The zero-order chi connectivity index (χ0) is 21.1. The number of amides is 2. The normalized spacial score (nSPS) is 12.5. The number of carbonyl (C=O) groups is 4. The van der Waals surface area contributed by atoms with Crippen LogP contribution in [0.3, 0.4) is 0 Å². The fraction of sp³-hybridized carbons (Fsp3) is 0.444. The van der Waals surface area contributed by atoms with E-state index in [9.17, 15) is 24.3 Å². The molecule has 0 aromatic heterocycles. The third-order valence-corrected chi connectivity index (χ3v) is 4.85. The van der Waals surface area contributed by atoms with Crippen LogP contribution in [0.4, 0.5) is 4.79 Å². The number of nitrogens with one attached hydrogen (secondary N) is 2. The third-order valence-electron chi connectivity index (χ3n) is 3.75. The Labute approximate surface area is 166 Å². The van der Waals surface area contributed by atoms with Crippen molar-refractivity contribution >= 4 is 35.7 Å². The van der Waals surface area contributed by atoms with Gasteiger partial charge in [0.2, 0.25) is 0 Å². The molecule has 10 heteroatoms. The average molecular weight is 412 g/mol. The van der Waals surface area contributed by atoms with Gasteiger partial charge in [-0.3, -0.25) is 4.79 Å². The summed E-state index contributed by atoms with van der Waals surface area (Å²) in [6, 6.07) is 4.33. The lowest BCUT2D eigenvalue weighted by atomic mass is 10.1. The summed E-state index contributed by atoms with van der Waals surface area (Å²) in [6.45, 7) is 1.97. The SMILES string of the molecule is COC(=O)CCC(NC(=O)NC(CSCc1ccc(C)cc1)C(=O)O)C(=O)O. The molecule has 2 amide bonds. The molecule has 154 valence electrons. The number of carboxylic acids is 2. The van der Waals surface area contributed by atoms with Gasteiger partial charge >= 0.3 is 23.9 Å². The first-order chi connectivity index (χ1) is 13.2. The molecule has 0 saturated carbocycles. The molecule has 0 aliphatic heterocycles. The largest absolute Gasteiger partial charge is 0.480 e. The molecule has 9 nitrogen and oxygen atoms in total. The summed E-state index contributed by atoms with van der Waals surface area (Å²) in [5.41, 5.74) is 2.15. The van der Waals surface area contributed by atoms with Crippen molar-refractivity contribution in [2.24, 2.45) is 0 Å². The lowest BCUT2D eigenvalue weighted by molar-refractivity contribution is -0.142. The minimum atomic E-state index is -1.34. The Bertz CT molecular complexity index is 694. The minimum Gasteiger partial charge on any atom is -0.480 e. The summed E-state index contributed by atoms with van der Waals surface area (Å²) in [6.07, 6.45) is -0.363. The summed E-state index contributed by atoms with van der Waals surface area (Å²) in [7, 11) is 1.17. The van der Waals surface area contributed by atoms with Gasteiger partial charge in [0.1, 0.15) is 12.1 Å². The highest BCUT2D eigenvalue weighted by Crippen LogP contribution is 2.14. The maximum Gasteiger partial charge on any atom is 0.327 e. The topological polar surface area (TPSA) is 142 Å². The third kappa shape index (κ3) is 8.76. The van der Waals surface area contributed by atoms with Crippen molar-refractivity contribution < 1.29 is 34.1 Å². The Kier molecular flexibility index (Phi) is 9.86. The molecule has 0 fully saturated rings. The van der Waals surface area contributed by atoms with Crippen molar-refractivity contribution in [2.75, 3.05) is 12.9 Å². The molecular formula is C18H24N2O7S. The fourth-order valence-electron chi connectivity index (χ4n) is 2.13. The number of hydrogen-bond donors (Lipinski definition) is 4. The van der Waals surface area contributed by atoms with Crippen LogP contribution in [-0.4, -0.2) is 59.1 Å². The number of thioether (sulfide) groups is 1. The highest BCUT2D eigenvalue weighted by molar-refractivity contribution is 7.98. The summed E-state index contributed by atoms with van der Waals surface area (Å²) in [5, 5.41) is 22.8. The van der Waals surface area contributed by atoms with Gasteiger partial charge in [-0.1, -0.05) is 29.8 Å². The van der Waals surface area contributed by atoms with Crippen molar-refractivity contribution in [3.05, 3.63) is 35.4 Å². The smallest absolute Gasteiger partial charge is 0.327 e. The highest BCUT2D eigenvalue weighted by Gasteiger charge is 2.25. The monoisotopic (exact) mass is 412 g/mol. The van der Waals surface area contributed by atoms with Gasteiger partial charge in [-0.05, 0) is 18.9 Å². The lowest BCUT2D eigenvalue weighted by Crippen LogP contribution is -2.52. The number of benzene rings is 1.